The van der Waals surface area contributed by atoms with E-state index in [2.05, 4.69) is 30.8 Å². The van der Waals surface area contributed by atoms with E-state index in [0.29, 0.717) is 12.5 Å². The molecule has 0 saturated heterocycles. The summed E-state index contributed by atoms with van der Waals surface area (Å²) in [5, 5.41) is 0. The highest BCUT2D eigenvalue weighted by Gasteiger charge is 2.17. The van der Waals surface area contributed by atoms with Crippen molar-refractivity contribution in [3.8, 4) is 5.75 Å². The van der Waals surface area contributed by atoms with Crippen LogP contribution in [0.2, 0.25) is 0 Å². The van der Waals surface area contributed by atoms with E-state index in [1.807, 2.05) is 19.9 Å². The van der Waals surface area contributed by atoms with Crippen LogP contribution in [0.4, 0.5) is 0 Å². The Labute approximate surface area is 104 Å². The number of hydrogen-bond donors (Lipinski definition) is 0. The van der Waals surface area contributed by atoms with Crippen molar-refractivity contribution < 1.29 is 4.74 Å². The maximum absolute atomic E-state index is 7.17. The Hall–Kier alpha value is -1.49. The molecule has 0 fully saturated rings. The van der Waals surface area contributed by atoms with Gasteiger partial charge in [-0.1, -0.05) is 19.9 Å². The molecule has 0 aliphatic heterocycles. The van der Waals surface area contributed by atoms with Crippen molar-refractivity contribution in [3.63, 3.8) is 0 Å². The van der Waals surface area contributed by atoms with E-state index in [1.54, 1.807) is 0 Å². The molecule has 0 aliphatic rings. The van der Waals surface area contributed by atoms with Gasteiger partial charge in [0, 0.05) is 6.92 Å². The Kier molecular flexibility index (Phi) is 5.03. The first-order valence-corrected chi connectivity index (χ1v) is 6.27. The molecule has 0 radical (unpaired) electrons. The molecular formula is C15H21NO. The molecule has 1 aromatic carbocycles. The predicted molar refractivity (Wildman–Crippen MR) is 71.3 cm³/mol. The van der Waals surface area contributed by atoms with Crippen molar-refractivity contribution in [2.24, 2.45) is 0 Å². The molecule has 2 unspecified atom stereocenters. The monoisotopic (exact) mass is 231 g/mol. The summed E-state index contributed by atoms with van der Waals surface area (Å²) in [6.07, 6.45) is 1.11. The normalized spacial score (nSPS) is 13.8. The SMILES string of the molecule is [C-]#[N+]C(C)c1cc(C(C)CC)ccc1OCC. The molecule has 17 heavy (non-hydrogen) atoms. The first-order chi connectivity index (χ1) is 8.13. The van der Waals surface area contributed by atoms with E-state index in [1.165, 1.54) is 5.56 Å². The molecule has 0 heterocycles. The van der Waals surface area contributed by atoms with Gasteiger partial charge >= 0.3 is 0 Å². The molecule has 0 aliphatic carbocycles. The van der Waals surface area contributed by atoms with Gasteiger partial charge < -0.3 is 9.58 Å². The van der Waals surface area contributed by atoms with Gasteiger partial charge in [0.1, 0.15) is 5.75 Å². The van der Waals surface area contributed by atoms with Crippen LogP contribution < -0.4 is 4.74 Å². The molecule has 1 rings (SSSR count). The summed E-state index contributed by atoms with van der Waals surface area (Å²) in [5.74, 6) is 1.38. The first-order valence-electron chi connectivity index (χ1n) is 6.27. The highest BCUT2D eigenvalue weighted by Crippen LogP contribution is 2.31. The summed E-state index contributed by atoms with van der Waals surface area (Å²) in [6, 6.07) is 6.10. The van der Waals surface area contributed by atoms with E-state index < -0.39 is 0 Å². The standard InChI is InChI=1S/C15H21NO/c1-6-11(3)13-8-9-15(17-7-2)14(10-13)12(4)16-5/h8-12H,6-7H2,1-4H3. The third kappa shape index (κ3) is 3.23. The minimum absolute atomic E-state index is 0.138. The van der Waals surface area contributed by atoms with Gasteiger partial charge in [0.2, 0.25) is 6.04 Å². The van der Waals surface area contributed by atoms with Gasteiger partial charge in [-0.3, -0.25) is 0 Å². The second-order valence-electron chi connectivity index (χ2n) is 4.34. The highest BCUT2D eigenvalue weighted by molar-refractivity contribution is 5.41. The summed E-state index contributed by atoms with van der Waals surface area (Å²) < 4.78 is 5.59. The molecular weight excluding hydrogens is 210 g/mol. The van der Waals surface area contributed by atoms with E-state index in [0.717, 1.165) is 17.7 Å². The van der Waals surface area contributed by atoms with Crippen molar-refractivity contribution in [1.82, 2.24) is 0 Å². The van der Waals surface area contributed by atoms with Crippen LogP contribution in [-0.4, -0.2) is 6.61 Å². The molecule has 92 valence electrons. The molecule has 2 atom stereocenters. The third-order valence-corrected chi connectivity index (χ3v) is 3.16. The summed E-state index contributed by atoms with van der Waals surface area (Å²) >= 11 is 0. The lowest BCUT2D eigenvalue weighted by Crippen LogP contribution is -2.01. The Morgan fingerprint density at radius 3 is 2.53 bits per heavy atom. The fraction of sp³-hybridized carbons (Fsp3) is 0.533. The summed E-state index contributed by atoms with van der Waals surface area (Å²) in [7, 11) is 0. The Balaban J connectivity index is 3.15. The number of benzene rings is 1. The molecule has 0 bridgehead atoms. The van der Waals surface area contributed by atoms with Crippen molar-refractivity contribution in [2.75, 3.05) is 6.61 Å². The average molecular weight is 231 g/mol. The van der Waals surface area contributed by atoms with Gasteiger partial charge in [-0.05, 0) is 37.0 Å². The van der Waals surface area contributed by atoms with Gasteiger partial charge in [0.25, 0.3) is 0 Å². The lowest BCUT2D eigenvalue weighted by Gasteiger charge is -2.14. The van der Waals surface area contributed by atoms with Gasteiger partial charge in [-0.25, -0.2) is 6.57 Å². The predicted octanol–water partition coefficient (Wildman–Crippen LogP) is 4.58. The van der Waals surface area contributed by atoms with E-state index in [4.69, 9.17) is 11.3 Å². The first kappa shape index (κ1) is 13.6. The van der Waals surface area contributed by atoms with E-state index in [9.17, 15) is 0 Å². The second kappa shape index (κ2) is 6.30. The molecule has 1 aromatic rings. The molecule has 0 amide bonds. The smallest absolute Gasteiger partial charge is 0.249 e. The number of hydrogen-bond acceptors (Lipinski definition) is 1. The fourth-order valence-corrected chi connectivity index (χ4v) is 1.79. The minimum atomic E-state index is -0.138. The van der Waals surface area contributed by atoms with Crippen molar-refractivity contribution in [1.29, 1.82) is 0 Å². The topological polar surface area (TPSA) is 13.6 Å². The van der Waals surface area contributed by atoms with Gasteiger partial charge in [-0.15, -0.1) is 0 Å². The highest BCUT2D eigenvalue weighted by atomic mass is 16.5. The Morgan fingerprint density at radius 1 is 1.29 bits per heavy atom. The summed E-state index contributed by atoms with van der Waals surface area (Å²) in [5.41, 5.74) is 2.31. The molecule has 2 heteroatoms. The summed E-state index contributed by atoms with van der Waals surface area (Å²) in [6.45, 7) is 16.1. The van der Waals surface area contributed by atoms with Crippen molar-refractivity contribution >= 4 is 0 Å². The van der Waals surface area contributed by atoms with Crippen LogP contribution in [0.5, 0.6) is 5.75 Å². The summed E-state index contributed by atoms with van der Waals surface area (Å²) in [4.78, 5) is 3.60. The molecule has 0 N–H and O–H groups in total. The molecule has 0 spiro atoms. The molecule has 0 aromatic heterocycles. The Morgan fingerprint density at radius 2 is 2.00 bits per heavy atom. The zero-order valence-electron chi connectivity index (χ0n) is 11.2. The fourth-order valence-electron chi connectivity index (χ4n) is 1.79. The number of nitrogens with zero attached hydrogens (tertiary/aromatic N) is 1. The number of rotatable bonds is 5. The zero-order valence-corrected chi connectivity index (χ0v) is 11.2. The van der Waals surface area contributed by atoms with Gasteiger partial charge in [0.05, 0.1) is 12.2 Å². The largest absolute Gasteiger partial charge is 0.493 e. The molecule has 2 nitrogen and oxygen atoms in total. The van der Waals surface area contributed by atoms with Crippen LogP contribution in [0.1, 0.15) is 57.2 Å². The lowest BCUT2D eigenvalue weighted by atomic mass is 9.94. The van der Waals surface area contributed by atoms with Gasteiger partial charge in [0.15, 0.2) is 0 Å². The van der Waals surface area contributed by atoms with Crippen LogP contribution in [-0.2, 0) is 0 Å². The van der Waals surface area contributed by atoms with Crippen molar-refractivity contribution in [3.05, 3.63) is 40.7 Å². The van der Waals surface area contributed by atoms with Crippen molar-refractivity contribution in [2.45, 2.75) is 46.1 Å². The minimum Gasteiger partial charge on any atom is -0.493 e. The van der Waals surface area contributed by atoms with E-state index in [-0.39, 0.29) is 6.04 Å². The lowest BCUT2D eigenvalue weighted by molar-refractivity contribution is 0.335. The average Bonchev–Trinajstić information content (AvgIpc) is 2.37. The van der Waals surface area contributed by atoms with Crippen LogP contribution in [0.15, 0.2) is 18.2 Å². The van der Waals surface area contributed by atoms with Crippen LogP contribution in [0.25, 0.3) is 4.85 Å². The molecule has 0 saturated carbocycles. The quantitative estimate of drug-likeness (QED) is 0.676. The second-order valence-corrected chi connectivity index (χ2v) is 4.34. The van der Waals surface area contributed by atoms with Gasteiger partial charge in [-0.2, -0.15) is 0 Å². The maximum Gasteiger partial charge on any atom is 0.249 e. The Bertz CT molecular complexity index is 406. The third-order valence-electron chi connectivity index (χ3n) is 3.16. The van der Waals surface area contributed by atoms with E-state index >= 15 is 0 Å². The number of ether oxygens (including phenoxy) is 1. The van der Waals surface area contributed by atoms with Crippen LogP contribution in [0.3, 0.4) is 0 Å². The van der Waals surface area contributed by atoms with Crippen LogP contribution >= 0.6 is 0 Å². The zero-order chi connectivity index (χ0) is 12.8. The maximum atomic E-state index is 7.17. The van der Waals surface area contributed by atoms with Crippen LogP contribution in [0, 0.1) is 6.57 Å².